The van der Waals surface area contributed by atoms with Crippen molar-refractivity contribution in [1.29, 1.82) is 0 Å². The molecule has 24 heavy (non-hydrogen) atoms. The number of benzene rings is 1. The van der Waals surface area contributed by atoms with Crippen molar-refractivity contribution in [1.82, 2.24) is 0 Å². The lowest BCUT2D eigenvalue weighted by Gasteiger charge is -2.55. The van der Waals surface area contributed by atoms with Gasteiger partial charge in [0.2, 0.25) is 0 Å². The maximum absolute atomic E-state index is 9.62. The quantitative estimate of drug-likeness (QED) is 0.602. The number of oxime groups is 1. The van der Waals surface area contributed by atoms with E-state index in [-0.39, 0.29) is 5.41 Å². The van der Waals surface area contributed by atoms with E-state index < -0.39 is 0 Å². The summed E-state index contributed by atoms with van der Waals surface area (Å²) >= 11 is 0. The SMILES string of the molecule is CC[C@]12CC[C@@H]3c4cc(OC)ccc4CC[C@H]3[C@@H]1CCC/C2=N\O. The van der Waals surface area contributed by atoms with Crippen LogP contribution in [0.1, 0.15) is 68.9 Å². The molecule has 0 heterocycles. The molecule has 0 amide bonds. The smallest absolute Gasteiger partial charge is 0.119 e. The van der Waals surface area contributed by atoms with Crippen molar-refractivity contribution in [2.75, 3.05) is 7.11 Å². The van der Waals surface area contributed by atoms with Crippen LogP contribution in [0, 0.1) is 17.3 Å². The number of ether oxygens (including phenoxy) is 1. The van der Waals surface area contributed by atoms with E-state index in [4.69, 9.17) is 4.74 Å². The van der Waals surface area contributed by atoms with Gasteiger partial charge in [-0.15, -0.1) is 0 Å². The summed E-state index contributed by atoms with van der Waals surface area (Å²) in [6.45, 7) is 2.30. The van der Waals surface area contributed by atoms with E-state index >= 15 is 0 Å². The molecule has 0 bridgehead atoms. The molecule has 2 fully saturated rings. The zero-order chi connectivity index (χ0) is 16.7. The molecule has 130 valence electrons. The second-order valence-corrected chi connectivity index (χ2v) is 7.97. The fourth-order valence-electron chi connectivity index (χ4n) is 6.27. The van der Waals surface area contributed by atoms with Gasteiger partial charge in [-0.2, -0.15) is 0 Å². The molecule has 3 aliphatic carbocycles. The van der Waals surface area contributed by atoms with Crippen LogP contribution in [0.15, 0.2) is 23.4 Å². The first-order valence-corrected chi connectivity index (χ1v) is 9.61. The average molecular weight is 327 g/mol. The van der Waals surface area contributed by atoms with Crippen LogP contribution < -0.4 is 4.74 Å². The third-order valence-corrected chi connectivity index (χ3v) is 7.40. The Morgan fingerprint density at radius 3 is 2.88 bits per heavy atom. The van der Waals surface area contributed by atoms with Gasteiger partial charge in [0.05, 0.1) is 12.8 Å². The Labute approximate surface area is 145 Å². The van der Waals surface area contributed by atoms with E-state index in [1.165, 1.54) is 49.7 Å². The van der Waals surface area contributed by atoms with Gasteiger partial charge in [0.15, 0.2) is 0 Å². The fraction of sp³-hybridized carbons (Fsp3) is 0.667. The minimum absolute atomic E-state index is 0.157. The van der Waals surface area contributed by atoms with Crippen molar-refractivity contribution in [3.63, 3.8) is 0 Å². The van der Waals surface area contributed by atoms with Crippen molar-refractivity contribution in [2.45, 2.75) is 64.2 Å². The minimum Gasteiger partial charge on any atom is -0.497 e. The van der Waals surface area contributed by atoms with Crippen LogP contribution in [0.3, 0.4) is 0 Å². The van der Waals surface area contributed by atoms with Gasteiger partial charge < -0.3 is 9.94 Å². The molecule has 0 unspecified atom stereocenters. The average Bonchev–Trinajstić information content (AvgIpc) is 2.66. The highest BCUT2D eigenvalue weighted by Gasteiger charge is 2.53. The highest BCUT2D eigenvalue weighted by molar-refractivity contribution is 5.91. The van der Waals surface area contributed by atoms with Crippen LogP contribution in [0.5, 0.6) is 5.75 Å². The molecule has 4 atom stereocenters. The van der Waals surface area contributed by atoms with Crippen LogP contribution in [0.4, 0.5) is 0 Å². The van der Waals surface area contributed by atoms with E-state index in [0.717, 1.165) is 30.2 Å². The van der Waals surface area contributed by atoms with Gasteiger partial charge in [0.25, 0.3) is 0 Å². The molecule has 4 rings (SSSR count). The third-order valence-electron chi connectivity index (χ3n) is 7.40. The fourth-order valence-corrected chi connectivity index (χ4v) is 6.27. The van der Waals surface area contributed by atoms with Crippen LogP contribution in [-0.4, -0.2) is 18.0 Å². The Balaban J connectivity index is 1.73. The lowest BCUT2D eigenvalue weighted by molar-refractivity contribution is 0.0444. The van der Waals surface area contributed by atoms with Crippen molar-refractivity contribution in [3.05, 3.63) is 29.3 Å². The molecule has 0 radical (unpaired) electrons. The molecule has 3 heteroatoms. The Hall–Kier alpha value is -1.51. The number of hydrogen-bond donors (Lipinski definition) is 1. The monoisotopic (exact) mass is 327 g/mol. The van der Waals surface area contributed by atoms with Gasteiger partial charge in [0.1, 0.15) is 5.75 Å². The Morgan fingerprint density at radius 1 is 1.25 bits per heavy atom. The molecular weight excluding hydrogens is 298 g/mol. The molecule has 3 nitrogen and oxygen atoms in total. The molecule has 1 N–H and O–H groups in total. The summed E-state index contributed by atoms with van der Waals surface area (Å²) in [7, 11) is 1.76. The van der Waals surface area contributed by atoms with Gasteiger partial charge >= 0.3 is 0 Å². The Morgan fingerprint density at radius 2 is 2.12 bits per heavy atom. The molecule has 0 spiro atoms. The summed E-state index contributed by atoms with van der Waals surface area (Å²) in [6.07, 6.45) is 9.44. The Bertz CT molecular complexity index is 653. The van der Waals surface area contributed by atoms with E-state index in [1.807, 2.05) is 0 Å². The number of rotatable bonds is 2. The summed E-state index contributed by atoms with van der Waals surface area (Å²) in [5.74, 6) is 3.06. The van der Waals surface area contributed by atoms with Crippen LogP contribution in [0.25, 0.3) is 0 Å². The molecule has 0 aromatic heterocycles. The first kappa shape index (κ1) is 16.0. The Kier molecular flexibility index (Phi) is 4.06. The van der Waals surface area contributed by atoms with E-state index in [0.29, 0.717) is 11.8 Å². The summed E-state index contributed by atoms with van der Waals surface area (Å²) in [4.78, 5) is 0. The van der Waals surface area contributed by atoms with Gasteiger partial charge in [-0.25, -0.2) is 0 Å². The standard InChI is InChI=1S/C21H29NO2/c1-3-21-12-11-16-17(19(21)5-4-6-20(21)22-23)10-8-14-7-9-15(24-2)13-18(14)16/h7,9,13,16-17,19,23H,3-6,8,10-12H2,1-2H3/b22-20+/t16-,17+,19-,21-/m0/s1. The molecule has 3 aliphatic rings. The van der Waals surface area contributed by atoms with Crippen LogP contribution >= 0.6 is 0 Å². The molecular formula is C21H29NO2. The van der Waals surface area contributed by atoms with E-state index in [2.05, 4.69) is 30.3 Å². The minimum atomic E-state index is 0.157. The normalized spacial score (nSPS) is 36.6. The zero-order valence-electron chi connectivity index (χ0n) is 14.9. The topological polar surface area (TPSA) is 41.8 Å². The predicted molar refractivity (Wildman–Crippen MR) is 96.1 cm³/mol. The van der Waals surface area contributed by atoms with Gasteiger partial charge in [-0.05, 0) is 92.4 Å². The highest BCUT2D eigenvalue weighted by atomic mass is 16.5. The number of methoxy groups -OCH3 is 1. The zero-order valence-corrected chi connectivity index (χ0v) is 14.9. The first-order chi connectivity index (χ1) is 11.7. The largest absolute Gasteiger partial charge is 0.497 e. The predicted octanol–water partition coefficient (Wildman–Crippen LogP) is 5.16. The number of nitrogens with zero attached hydrogens (tertiary/aromatic N) is 1. The van der Waals surface area contributed by atoms with Gasteiger partial charge in [0, 0.05) is 5.41 Å². The van der Waals surface area contributed by atoms with Gasteiger partial charge in [-0.1, -0.05) is 18.1 Å². The van der Waals surface area contributed by atoms with E-state index in [1.54, 1.807) is 7.11 Å². The second-order valence-electron chi connectivity index (χ2n) is 7.97. The summed E-state index contributed by atoms with van der Waals surface area (Å²) < 4.78 is 5.49. The third kappa shape index (κ3) is 2.20. The second kappa shape index (κ2) is 6.09. The van der Waals surface area contributed by atoms with Gasteiger partial charge in [-0.3, -0.25) is 0 Å². The molecule has 1 aromatic rings. The van der Waals surface area contributed by atoms with Crippen LogP contribution in [-0.2, 0) is 6.42 Å². The summed E-state index contributed by atoms with van der Waals surface area (Å²) in [5.41, 5.74) is 4.30. The molecule has 0 aliphatic heterocycles. The number of fused-ring (bicyclic) bond motifs is 5. The van der Waals surface area contributed by atoms with Crippen LogP contribution in [0.2, 0.25) is 0 Å². The molecule has 2 saturated carbocycles. The van der Waals surface area contributed by atoms with Crippen molar-refractivity contribution in [2.24, 2.45) is 22.4 Å². The van der Waals surface area contributed by atoms with E-state index in [9.17, 15) is 5.21 Å². The van der Waals surface area contributed by atoms with Crippen molar-refractivity contribution < 1.29 is 9.94 Å². The number of hydrogen-bond acceptors (Lipinski definition) is 3. The lowest BCUT2D eigenvalue weighted by Crippen LogP contribution is -2.50. The summed E-state index contributed by atoms with van der Waals surface area (Å²) in [5, 5.41) is 13.4. The van der Waals surface area contributed by atoms with Crippen molar-refractivity contribution >= 4 is 5.71 Å². The highest BCUT2D eigenvalue weighted by Crippen LogP contribution is 2.60. The summed E-state index contributed by atoms with van der Waals surface area (Å²) in [6, 6.07) is 6.66. The molecule has 0 saturated heterocycles. The maximum atomic E-state index is 9.62. The first-order valence-electron chi connectivity index (χ1n) is 9.61. The molecule has 1 aromatic carbocycles. The number of aryl methyl sites for hydroxylation is 1. The van der Waals surface area contributed by atoms with Crippen molar-refractivity contribution in [3.8, 4) is 5.75 Å². The lowest BCUT2D eigenvalue weighted by atomic mass is 9.49. The maximum Gasteiger partial charge on any atom is 0.119 e.